The van der Waals surface area contributed by atoms with Crippen molar-refractivity contribution in [2.75, 3.05) is 0 Å². The van der Waals surface area contributed by atoms with Gasteiger partial charge in [0.05, 0.1) is 36.2 Å². The number of carboxylic acids is 6. The Morgan fingerprint density at radius 1 is 0.483 bits per heavy atom. The Balaban J connectivity index is -0.0000000960. The van der Waals surface area contributed by atoms with Crippen molar-refractivity contribution in [1.82, 2.24) is 0 Å². The third kappa shape index (κ3) is 30.9. The van der Waals surface area contributed by atoms with Gasteiger partial charge in [0, 0.05) is 37.2 Å². The van der Waals surface area contributed by atoms with Crippen LogP contribution in [-0.4, -0.2) is 69.4 Å². The van der Waals surface area contributed by atoms with E-state index in [1.165, 1.54) is 0 Å². The fourth-order valence-electron chi connectivity index (χ4n) is 0.724. The van der Waals surface area contributed by atoms with Crippen molar-refractivity contribution in [2.24, 2.45) is 0 Å². The second-order valence-electron chi connectivity index (χ2n) is 4.23. The van der Waals surface area contributed by atoms with Crippen LogP contribution in [0.4, 0.5) is 0 Å². The molecule has 0 aromatic rings. The molecular weight excluding hydrogens is 586 g/mol. The van der Waals surface area contributed by atoms with Crippen LogP contribution in [0, 0.1) is 0 Å². The van der Waals surface area contributed by atoms with Gasteiger partial charge in [0.1, 0.15) is 0 Å². The molecule has 0 spiro atoms. The number of hydrogen-bond acceptors (Lipinski definition) is 15. The topological polar surface area (TPSA) is 301 Å². The van der Waals surface area contributed by atoms with Gasteiger partial charge in [0.15, 0.2) is 0 Å². The predicted molar refractivity (Wildman–Crippen MR) is 61.9 cm³/mol. The SMILES string of the molecule is O=C([O-])CC(O)C(=O)[O-].O=C([O-])CC(O)C(=O)[O-].O=C([O-])CC(O)C(=O)[O-].[Ru+3].[Ru+3]. The smallest absolute Gasteiger partial charge is 0.550 e. The van der Waals surface area contributed by atoms with E-state index < -0.39 is 73.4 Å². The van der Waals surface area contributed by atoms with Crippen LogP contribution in [0.3, 0.4) is 0 Å². The molecule has 0 saturated heterocycles. The largest absolute Gasteiger partial charge is 3.00 e. The van der Waals surface area contributed by atoms with Crippen LogP contribution in [-0.2, 0) is 67.7 Å². The van der Waals surface area contributed by atoms with Crippen molar-refractivity contribution >= 4 is 35.8 Å². The number of rotatable bonds is 9. The third-order valence-electron chi connectivity index (χ3n) is 1.90. The molecule has 2 radical (unpaired) electrons. The van der Waals surface area contributed by atoms with Crippen molar-refractivity contribution in [3.05, 3.63) is 0 Å². The predicted octanol–water partition coefficient (Wildman–Crippen LogP) is -11.3. The molecule has 0 bridgehead atoms. The summed E-state index contributed by atoms with van der Waals surface area (Å²) in [5.74, 6) is -10.3. The average Bonchev–Trinajstić information content (AvgIpc) is 2.46. The second kappa shape index (κ2) is 20.7. The van der Waals surface area contributed by atoms with Crippen molar-refractivity contribution in [2.45, 2.75) is 37.6 Å². The molecule has 3 unspecified atom stereocenters. The van der Waals surface area contributed by atoms with Gasteiger partial charge < -0.3 is 74.7 Å². The van der Waals surface area contributed by atoms with Gasteiger partial charge in [0.2, 0.25) is 0 Å². The molecule has 3 atom stereocenters. The molecular formula is C12H12O15Ru2. The molecule has 0 heterocycles. The number of carbonyl (C=O) groups excluding carboxylic acids is 6. The van der Waals surface area contributed by atoms with E-state index in [9.17, 15) is 59.4 Å². The zero-order valence-electron chi connectivity index (χ0n) is 13.8. The Bertz CT molecular complexity index is 473. The molecule has 17 heteroatoms. The van der Waals surface area contributed by atoms with Gasteiger partial charge in [-0.1, -0.05) is 0 Å². The number of aliphatic hydroxyl groups is 3. The van der Waals surface area contributed by atoms with Crippen molar-refractivity contribution in [1.29, 1.82) is 0 Å². The molecule has 0 saturated carbocycles. The summed E-state index contributed by atoms with van der Waals surface area (Å²) in [4.78, 5) is 57.4. The van der Waals surface area contributed by atoms with Gasteiger partial charge in [0.25, 0.3) is 0 Å². The first-order chi connectivity index (χ1) is 12.1. The van der Waals surface area contributed by atoms with E-state index in [2.05, 4.69) is 0 Å². The van der Waals surface area contributed by atoms with E-state index in [1.807, 2.05) is 0 Å². The Kier molecular flexibility index (Phi) is 26.9. The maximum atomic E-state index is 9.58. The molecule has 0 amide bonds. The van der Waals surface area contributed by atoms with Crippen LogP contribution in [0.5, 0.6) is 0 Å². The van der Waals surface area contributed by atoms with E-state index >= 15 is 0 Å². The van der Waals surface area contributed by atoms with Gasteiger partial charge >= 0.3 is 39.0 Å². The van der Waals surface area contributed by atoms with Gasteiger partial charge in [-0.25, -0.2) is 0 Å². The molecule has 15 nitrogen and oxygen atoms in total. The molecule has 0 aliphatic rings. The van der Waals surface area contributed by atoms with E-state index in [0.29, 0.717) is 0 Å². The van der Waals surface area contributed by atoms with Crippen LogP contribution in [0.2, 0.25) is 0 Å². The molecule has 0 aliphatic heterocycles. The van der Waals surface area contributed by atoms with Crippen molar-refractivity contribution < 1.29 is 114 Å². The number of aliphatic hydroxyl groups excluding tert-OH is 3. The summed E-state index contributed by atoms with van der Waals surface area (Å²) in [6, 6.07) is 0. The van der Waals surface area contributed by atoms with Crippen LogP contribution < -0.4 is 30.6 Å². The van der Waals surface area contributed by atoms with Gasteiger partial charge in [-0.3, -0.25) is 0 Å². The summed E-state index contributed by atoms with van der Waals surface area (Å²) in [5.41, 5.74) is 0. The first kappa shape index (κ1) is 37.7. The van der Waals surface area contributed by atoms with E-state index in [0.717, 1.165) is 0 Å². The summed E-state index contributed by atoms with van der Waals surface area (Å²) in [6.45, 7) is 0. The molecule has 0 rings (SSSR count). The Morgan fingerprint density at radius 2 is 0.621 bits per heavy atom. The van der Waals surface area contributed by atoms with Crippen LogP contribution in [0.1, 0.15) is 19.3 Å². The summed E-state index contributed by atoms with van der Waals surface area (Å²) < 4.78 is 0. The van der Waals surface area contributed by atoms with Gasteiger partial charge in [-0.15, -0.1) is 0 Å². The Labute approximate surface area is 187 Å². The molecule has 166 valence electrons. The van der Waals surface area contributed by atoms with Crippen molar-refractivity contribution in [3.8, 4) is 0 Å². The van der Waals surface area contributed by atoms with Crippen LogP contribution in [0.15, 0.2) is 0 Å². The zero-order valence-corrected chi connectivity index (χ0v) is 17.3. The maximum absolute atomic E-state index is 9.58. The third-order valence-corrected chi connectivity index (χ3v) is 1.90. The molecule has 3 N–H and O–H groups in total. The fourth-order valence-corrected chi connectivity index (χ4v) is 0.724. The number of carbonyl (C=O) groups is 6. The monoisotopic (exact) mass is 600 g/mol. The second-order valence-corrected chi connectivity index (χ2v) is 4.23. The summed E-state index contributed by atoms with van der Waals surface area (Å²) in [7, 11) is 0. The normalized spacial score (nSPS) is 11.7. The number of carboxylic acid groups (broad SMARTS) is 6. The van der Waals surface area contributed by atoms with E-state index in [-0.39, 0.29) is 39.0 Å². The van der Waals surface area contributed by atoms with E-state index in [4.69, 9.17) is 15.3 Å². The summed E-state index contributed by atoms with van der Waals surface area (Å²) in [6.07, 6.45) is -8.67. The molecule has 0 aliphatic carbocycles. The minimum atomic E-state index is -1.96. The Hall–Kier alpha value is -2.05. The van der Waals surface area contributed by atoms with Gasteiger partial charge in [-0.2, -0.15) is 0 Å². The molecule has 0 aromatic heterocycles. The first-order valence-electron chi connectivity index (χ1n) is 6.38. The minimum Gasteiger partial charge on any atom is -0.550 e. The zero-order chi connectivity index (χ0) is 22.3. The fraction of sp³-hybridized carbons (Fsp3) is 0.500. The minimum absolute atomic E-state index is 0. The van der Waals surface area contributed by atoms with Gasteiger partial charge in [-0.05, 0) is 0 Å². The standard InChI is InChI=1S/3C4H6O5.2Ru/c3*5-2(4(8)9)1-3(6)7;;/h3*2,5H,1H2,(H,6,7)(H,8,9);;/q;;;2*+3/p-6. The first-order valence-corrected chi connectivity index (χ1v) is 6.38. The Morgan fingerprint density at radius 3 is 0.655 bits per heavy atom. The van der Waals surface area contributed by atoms with E-state index in [1.54, 1.807) is 0 Å². The molecule has 0 aromatic carbocycles. The quantitative estimate of drug-likeness (QED) is 0.208. The molecule has 29 heavy (non-hydrogen) atoms. The summed E-state index contributed by atoms with van der Waals surface area (Å²) in [5, 5.41) is 82.0. The van der Waals surface area contributed by atoms with Crippen molar-refractivity contribution in [3.63, 3.8) is 0 Å². The maximum Gasteiger partial charge on any atom is 3.00 e. The van der Waals surface area contributed by atoms with Crippen LogP contribution >= 0.6 is 0 Å². The van der Waals surface area contributed by atoms with Crippen LogP contribution in [0.25, 0.3) is 0 Å². The summed E-state index contributed by atoms with van der Waals surface area (Å²) >= 11 is 0. The number of hydrogen-bond donors (Lipinski definition) is 3. The number of aliphatic carboxylic acids is 6. The average molecular weight is 598 g/mol. The molecule has 0 fully saturated rings.